The van der Waals surface area contributed by atoms with Gasteiger partial charge in [0, 0.05) is 18.2 Å². The first kappa shape index (κ1) is 18.0. The van der Waals surface area contributed by atoms with E-state index in [4.69, 9.17) is 5.73 Å². The molecule has 0 aliphatic heterocycles. The molecule has 1 atom stereocenters. The summed E-state index contributed by atoms with van der Waals surface area (Å²) in [5.74, 6) is -0.324. The minimum Gasteiger partial charge on any atom is -0.370 e. The fourth-order valence-electron chi connectivity index (χ4n) is 1.87. The highest BCUT2D eigenvalue weighted by Crippen LogP contribution is 2.26. The third kappa shape index (κ3) is 6.17. The van der Waals surface area contributed by atoms with E-state index in [0.717, 1.165) is 10.6 Å². The van der Waals surface area contributed by atoms with E-state index in [0.29, 0.717) is 5.69 Å². The molecule has 6 nitrogen and oxygen atoms in total. The number of para-hydroxylation sites is 1. The molecule has 120 valence electrons. The molecule has 7 heteroatoms. The van der Waals surface area contributed by atoms with Crippen LogP contribution in [0.25, 0.3) is 0 Å². The number of carbonyl (C=O) groups excluding carboxylic acids is 3. The van der Waals surface area contributed by atoms with Crippen molar-refractivity contribution in [2.75, 3.05) is 11.1 Å². The molecule has 0 aromatic heterocycles. The number of amides is 3. The molecule has 1 rings (SSSR count). The Morgan fingerprint density at radius 2 is 1.95 bits per heavy atom. The van der Waals surface area contributed by atoms with Crippen LogP contribution in [0.15, 0.2) is 29.2 Å². The van der Waals surface area contributed by atoms with Crippen molar-refractivity contribution in [2.24, 2.45) is 5.73 Å². The molecule has 0 radical (unpaired) electrons. The quantitative estimate of drug-likeness (QED) is 0.631. The monoisotopic (exact) mass is 323 g/mol. The second-order valence-electron chi connectivity index (χ2n) is 4.68. The molecular weight excluding hydrogens is 302 g/mol. The van der Waals surface area contributed by atoms with Gasteiger partial charge in [-0.25, -0.2) is 0 Å². The smallest absolute Gasteiger partial charge is 0.246 e. The van der Waals surface area contributed by atoms with Gasteiger partial charge in [0.25, 0.3) is 0 Å². The van der Waals surface area contributed by atoms with Crippen molar-refractivity contribution in [3.8, 4) is 0 Å². The van der Waals surface area contributed by atoms with Gasteiger partial charge in [0.05, 0.1) is 5.69 Å². The highest BCUT2D eigenvalue weighted by molar-refractivity contribution is 7.99. The molecule has 0 fully saturated rings. The van der Waals surface area contributed by atoms with Crippen molar-refractivity contribution in [1.29, 1.82) is 0 Å². The zero-order chi connectivity index (χ0) is 16.5. The summed E-state index contributed by atoms with van der Waals surface area (Å²) in [6.45, 7) is 3.35. The predicted molar refractivity (Wildman–Crippen MR) is 87.5 cm³/mol. The summed E-state index contributed by atoms with van der Waals surface area (Å²) in [5, 5.41) is 5.34. The molecule has 4 N–H and O–H groups in total. The molecule has 0 saturated heterocycles. The van der Waals surface area contributed by atoms with Crippen LogP contribution in [0.2, 0.25) is 0 Å². The van der Waals surface area contributed by atoms with Gasteiger partial charge in [-0.15, -0.1) is 11.8 Å². The van der Waals surface area contributed by atoms with Crippen molar-refractivity contribution in [3.05, 3.63) is 24.3 Å². The lowest BCUT2D eigenvalue weighted by Gasteiger charge is -2.18. The average Bonchev–Trinajstić information content (AvgIpc) is 2.45. The first-order valence-corrected chi connectivity index (χ1v) is 8.00. The molecule has 22 heavy (non-hydrogen) atoms. The van der Waals surface area contributed by atoms with Crippen molar-refractivity contribution in [1.82, 2.24) is 5.32 Å². The summed E-state index contributed by atoms with van der Waals surface area (Å²) >= 11 is 1.61. The highest BCUT2D eigenvalue weighted by atomic mass is 32.2. The second kappa shape index (κ2) is 9.09. The number of carbonyl (C=O) groups is 3. The van der Waals surface area contributed by atoms with Crippen LogP contribution in [-0.4, -0.2) is 29.5 Å². The summed E-state index contributed by atoms with van der Waals surface area (Å²) in [5.41, 5.74) is 5.79. The lowest BCUT2D eigenvalue weighted by Crippen LogP contribution is -2.43. The topological polar surface area (TPSA) is 101 Å². The molecule has 1 aromatic rings. The van der Waals surface area contributed by atoms with Gasteiger partial charge in [-0.2, -0.15) is 0 Å². The molecule has 0 heterocycles. The van der Waals surface area contributed by atoms with Crippen LogP contribution >= 0.6 is 11.8 Å². The van der Waals surface area contributed by atoms with Gasteiger partial charge in [0.15, 0.2) is 0 Å². The number of benzene rings is 1. The molecule has 0 saturated carbocycles. The van der Waals surface area contributed by atoms with E-state index in [1.165, 1.54) is 6.92 Å². The number of thioether (sulfide) groups is 1. The van der Waals surface area contributed by atoms with Crippen molar-refractivity contribution in [2.45, 2.75) is 37.6 Å². The number of anilines is 1. The molecule has 0 bridgehead atoms. The molecular formula is C15H21N3O3S. The normalized spacial score (nSPS) is 11.5. The summed E-state index contributed by atoms with van der Waals surface area (Å²) in [6, 6.07) is 6.65. The van der Waals surface area contributed by atoms with Crippen molar-refractivity contribution >= 4 is 35.2 Å². The van der Waals surface area contributed by atoms with Crippen LogP contribution in [0.4, 0.5) is 5.69 Å². The summed E-state index contributed by atoms with van der Waals surface area (Å²) in [6.07, 6.45) is 0.202. The van der Waals surface area contributed by atoms with Crippen molar-refractivity contribution < 1.29 is 14.4 Å². The first-order valence-electron chi connectivity index (χ1n) is 7.02. The van der Waals surface area contributed by atoms with Crippen LogP contribution in [0.5, 0.6) is 0 Å². The van der Waals surface area contributed by atoms with Crippen molar-refractivity contribution in [3.63, 3.8) is 0 Å². The van der Waals surface area contributed by atoms with Gasteiger partial charge in [-0.1, -0.05) is 19.1 Å². The van der Waals surface area contributed by atoms with Crippen LogP contribution in [0.1, 0.15) is 26.7 Å². The zero-order valence-corrected chi connectivity index (χ0v) is 13.5. The fraction of sp³-hybridized carbons (Fsp3) is 0.400. The Morgan fingerprint density at radius 3 is 2.55 bits per heavy atom. The fourth-order valence-corrected chi connectivity index (χ4v) is 2.63. The second-order valence-corrected chi connectivity index (χ2v) is 5.98. The third-order valence-corrected chi connectivity index (χ3v) is 3.77. The van der Waals surface area contributed by atoms with Crippen LogP contribution in [0.3, 0.4) is 0 Å². The number of hydrogen-bond acceptors (Lipinski definition) is 4. The Balaban J connectivity index is 2.81. The largest absolute Gasteiger partial charge is 0.370 e. The molecule has 0 aliphatic carbocycles. The van der Waals surface area contributed by atoms with Gasteiger partial charge < -0.3 is 16.4 Å². The maximum absolute atomic E-state index is 12.3. The maximum atomic E-state index is 12.3. The van der Waals surface area contributed by atoms with E-state index in [9.17, 15) is 14.4 Å². The Labute approximate surface area is 134 Å². The maximum Gasteiger partial charge on any atom is 0.246 e. The number of nitrogens with two attached hydrogens (primary N) is 1. The van der Waals surface area contributed by atoms with E-state index in [1.807, 2.05) is 25.1 Å². The Hall–Kier alpha value is -2.02. The van der Waals surface area contributed by atoms with Gasteiger partial charge in [0.1, 0.15) is 6.04 Å². The van der Waals surface area contributed by atoms with Gasteiger partial charge >= 0.3 is 0 Å². The van der Waals surface area contributed by atoms with E-state index >= 15 is 0 Å². The van der Waals surface area contributed by atoms with E-state index in [1.54, 1.807) is 17.8 Å². The predicted octanol–water partition coefficient (Wildman–Crippen LogP) is 1.51. The molecule has 3 amide bonds. The number of nitrogens with one attached hydrogen (secondary N) is 2. The number of hydrogen-bond donors (Lipinski definition) is 3. The molecule has 0 unspecified atom stereocenters. The minimum atomic E-state index is -0.787. The summed E-state index contributed by atoms with van der Waals surface area (Å²) in [7, 11) is 0. The minimum absolute atomic E-state index is 0.0315. The molecule has 0 aliphatic rings. The molecule has 1 aromatic carbocycles. The number of rotatable bonds is 8. The highest BCUT2D eigenvalue weighted by Gasteiger charge is 2.20. The van der Waals surface area contributed by atoms with Gasteiger partial charge in [0.2, 0.25) is 17.7 Å². The van der Waals surface area contributed by atoms with E-state index < -0.39 is 11.9 Å². The van der Waals surface area contributed by atoms with Crippen LogP contribution in [-0.2, 0) is 14.4 Å². The average molecular weight is 323 g/mol. The summed E-state index contributed by atoms with van der Waals surface area (Å²) in [4.78, 5) is 35.4. The Kier molecular flexibility index (Phi) is 7.45. The summed E-state index contributed by atoms with van der Waals surface area (Å²) < 4.78 is 0. The first-order chi connectivity index (χ1) is 10.4. The number of primary amides is 1. The SMILES string of the molecule is CCSc1ccccc1NC(=O)[C@H](CCC(N)=O)NC(C)=O. The van der Waals surface area contributed by atoms with Gasteiger partial charge in [-0.05, 0) is 24.3 Å². The Morgan fingerprint density at radius 1 is 1.27 bits per heavy atom. The lowest BCUT2D eigenvalue weighted by molar-refractivity contribution is -0.126. The Bertz CT molecular complexity index is 549. The molecule has 0 spiro atoms. The lowest BCUT2D eigenvalue weighted by atomic mass is 10.1. The van der Waals surface area contributed by atoms with E-state index in [-0.39, 0.29) is 24.7 Å². The van der Waals surface area contributed by atoms with Gasteiger partial charge in [-0.3, -0.25) is 14.4 Å². The van der Waals surface area contributed by atoms with Crippen LogP contribution < -0.4 is 16.4 Å². The zero-order valence-electron chi connectivity index (χ0n) is 12.7. The third-order valence-electron chi connectivity index (χ3n) is 2.82. The van der Waals surface area contributed by atoms with E-state index in [2.05, 4.69) is 10.6 Å². The standard InChI is InChI=1S/C15H21N3O3S/c1-3-22-13-7-5-4-6-11(13)18-15(21)12(17-10(2)19)8-9-14(16)20/h4-7,12H,3,8-9H2,1-2H3,(H2,16,20)(H,17,19)(H,18,21)/t12-/m0/s1. The van der Waals surface area contributed by atoms with Crippen LogP contribution in [0, 0.1) is 0 Å².